The summed E-state index contributed by atoms with van der Waals surface area (Å²) in [6.07, 6.45) is 1.39. The summed E-state index contributed by atoms with van der Waals surface area (Å²) >= 11 is 0. The molecule has 3 heteroatoms. The van der Waals surface area contributed by atoms with Gasteiger partial charge in [-0.3, -0.25) is 4.79 Å². The molecule has 1 unspecified atom stereocenters. The lowest BCUT2D eigenvalue weighted by atomic mass is 10.0. The minimum Gasteiger partial charge on any atom is -0.379 e. The highest BCUT2D eigenvalue weighted by molar-refractivity contribution is 5.94. The van der Waals surface area contributed by atoms with Gasteiger partial charge in [-0.25, -0.2) is 0 Å². The van der Waals surface area contributed by atoms with Crippen LogP contribution in [-0.4, -0.2) is 5.91 Å². The Morgan fingerprint density at radius 3 is 2.76 bits per heavy atom. The number of fused-ring (bicyclic) bond motifs is 1. The first-order valence-corrected chi connectivity index (χ1v) is 7.38. The highest BCUT2D eigenvalue weighted by atomic mass is 16.1. The number of carbonyl (C=O) groups excluding carboxylic acids is 1. The summed E-state index contributed by atoms with van der Waals surface area (Å²) < 4.78 is 0. The maximum Gasteiger partial charge on any atom is 0.224 e. The van der Waals surface area contributed by atoms with Gasteiger partial charge < -0.3 is 10.6 Å². The van der Waals surface area contributed by atoms with E-state index in [2.05, 4.69) is 54.8 Å². The summed E-state index contributed by atoms with van der Waals surface area (Å²) in [6, 6.07) is 14.8. The van der Waals surface area contributed by atoms with Crippen molar-refractivity contribution in [3.63, 3.8) is 0 Å². The van der Waals surface area contributed by atoms with Crippen molar-refractivity contribution in [3.8, 4) is 0 Å². The van der Waals surface area contributed by atoms with E-state index < -0.39 is 0 Å². The number of hydrogen-bond acceptors (Lipinski definition) is 2. The van der Waals surface area contributed by atoms with Crippen molar-refractivity contribution in [3.05, 3.63) is 59.2 Å². The van der Waals surface area contributed by atoms with Gasteiger partial charge in [0.15, 0.2) is 0 Å². The smallest absolute Gasteiger partial charge is 0.224 e. The molecule has 1 atom stereocenters. The average molecular weight is 280 g/mol. The summed E-state index contributed by atoms with van der Waals surface area (Å²) in [5.74, 6) is 0.108. The van der Waals surface area contributed by atoms with Crippen LogP contribution in [0.3, 0.4) is 0 Å². The van der Waals surface area contributed by atoms with Crippen molar-refractivity contribution >= 4 is 17.3 Å². The number of amides is 1. The Morgan fingerprint density at radius 1 is 1.14 bits per heavy atom. The Kier molecular flexibility index (Phi) is 3.65. The quantitative estimate of drug-likeness (QED) is 0.890. The molecule has 108 valence electrons. The van der Waals surface area contributed by atoms with Gasteiger partial charge in [-0.05, 0) is 55.2 Å². The van der Waals surface area contributed by atoms with Crippen molar-refractivity contribution in [2.45, 2.75) is 32.7 Å². The first-order chi connectivity index (χ1) is 10.1. The molecule has 0 radical (unpaired) electrons. The van der Waals surface area contributed by atoms with E-state index in [0.717, 1.165) is 17.8 Å². The van der Waals surface area contributed by atoms with Crippen LogP contribution in [0.15, 0.2) is 42.5 Å². The third kappa shape index (κ3) is 2.92. The maximum absolute atomic E-state index is 11.4. The normalized spacial score (nSPS) is 15.0. The number of nitrogens with one attached hydrogen (secondary N) is 2. The fraction of sp³-hybridized carbons (Fsp3) is 0.278. The first kappa shape index (κ1) is 13.7. The lowest BCUT2D eigenvalue weighted by Crippen LogP contribution is -2.19. The number of anilines is 2. The van der Waals surface area contributed by atoms with Gasteiger partial charge in [-0.1, -0.05) is 24.3 Å². The van der Waals surface area contributed by atoms with Gasteiger partial charge in [-0.2, -0.15) is 0 Å². The minimum absolute atomic E-state index is 0.108. The Hall–Kier alpha value is -2.29. The Labute approximate surface area is 125 Å². The molecule has 1 heterocycles. The molecular weight excluding hydrogens is 260 g/mol. The Balaban J connectivity index is 1.79. The lowest BCUT2D eigenvalue weighted by molar-refractivity contribution is -0.116. The zero-order chi connectivity index (χ0) is 14.8. The average Bonchev–Trinajstić information content (AvgIpc) is 2.48. The topological polar surface area (TPSA) is 41.1 Å². The number of benzene rings is 2. The van der Waals surface area contributed by atoms with Crippen LogP contribution in [-0.2, 0) is 11.2 Å². The third-order valence-electron chi connectivity index (χ3n) is 4.04. The van der Waals surface area contributed by atoms with Crippen molar-refractivity contribution in [1.29, 1.82) is 0 Å². The second kappa shape index (κ2) is 5.60. The highest BCUT2D eigenvalue weighted by Crippen LogP contribution is 2.28. The summed E-state index contributed by atoms with van der Waals surface area (Å²) in [6.45, 7) is 4.31. The van der Waals surface area contributed by atoms with E-state index >= 15 is 0 Å². The maximum atomic E-state index is 11.4. The van der Waals surface area contributed by atoms with E-state index in [9.17, 15) is 4.79 Å². The van der Waals surface area contributed by atoms with Gasteiger partial charge in [0.25, 0.3) is 0 Å². The predicted octanol–water partition coefficient (Wildman–Crippen LogP) is 4.05. The van der Waals surface area contributed by atoms with E-state index in [4.69, 9.17) is 0 Å². The molecule has 0 saturated carbocycles. The number of rotatable bonds is 3. The third-order valence-corrected chi connectivity index (χ3v) is 4.04. The minimum atomic E-state index is 0.108. The predicted molar refractivity (Wildman–Crippen MR) is 86.6 cm³/mol. The van der Waals surface area contributed by atoms with Crippen LogP contribution in [0.1, 0.15) is 36.1 Å². The SMILES string of the molecule is Cc1ccccc1C(C)Nc1ccc2c(c1)CCC(=O)N2. The lowest BCUT2D eigenvalue weighted by Gasteiger charge is -2.21. The van der Waals surface area contributed by atoms with Crippen molar-refractivity contribution < 1.29 is 4.79 Å². The molecule has 0 aromatic heterocycles. The number of hydrogen-bond donors (Lipinski definition) is 2. The molecule has 2 N–H and O–H groups in total. The van der Waals surface area contributed by atoms with Crippen LogP contribution in [0.2, 0.25) is 0 Å². The molecule has 0 aliphatic carbocycles. The largest absolute Gasteiger partial charge is 0.379 e. The monoisotopic (exact) mass is 280 g/mol. The fourth-order valence-electron chi connectivity index (χ4n) is 2.87. The molecule has 3 nitrogen and oxygen atoms in total. The van der Waals surface area contributed by atoms with Crippen LogP contribution < -0.4 is 10.6 Å². The van der Waals surface area contributed by atoms with Crippen molar-refractivity contribution in [1.82, 2.24) is 0 Å². The van der Waals surface area contributed by atoms with E-state index in [1.54, 1.807) is 0 Å². The van der Waals surface area contributed by atoms with Gasteiger partial charge in [-0.15, -0.1) is 0 Å². The van der Waals surface area contributed by atoms with Crippen LogP contribution >= 0.6 is 0 Å². The first-order valence-electron chi connectivity index (χ1n) is 7.38. The van der Waals surface area contributed by atoms with Crippen LogP contribution in [0, 0.1) is 6.92 Å². The molecule has 0 spiro atoms. The molecule has 2 aromatic carbocycles. The van der Waals surface area contributed by atoms with Crippen LogP contribution in [0.4, 0.5) is 11.4 Å². The standard InChI is InChI=1S/C18H20N2O/c1-12-5-3-4-6-16(12)13(2)19-15-8-9-17-14(11-15)7-10-18(21)20-17/h3-6,8-9,11,13,19H,7,10H2,1-2H3,(H,20,21). The summed E-state index contributed by atoms with van der Waals surface area (Å²) in [5.41, 5.74) is 5.85. The van der Waals surface area contributed by atoms with Gasteiger partial charge in [0, 0.05) is 23.8 Å². The molecule has 2 aromatic rings. The second-order valence-corrected chi connectivity index (χ2v) is 5.64. The molecule has 0 fully saturated rings. The molecule has 0 bridgehead atoms. The Bertz CT molecular complexity index is 679. The van der Waals surface area contributed by atoms with E-state index in [1.807, 2.05) is 12.1 Å². The molecule has 0 saturated heterocycles. The highest BCUT2D eigenvalue weighted by Gasteiger charge is 2.15. The van der Waals surface area contributed by atoms with Crippen molar-refractivity contribution in [2.75, 3.05) is 10.6 Å². The van der Waals surface area contributed by atoms with E-state index in [1.165, 1.54) is 16.7 Å². The fourth-order valence-corrected chi connectivity index (χ4v) is 2.87. The van der Waals surface area contributed by atoms with Crippen LogP contribution in [0.5, 0.6) is 0 Å². The van der Waals surface area contributed by atoms with Gasteiger partial charge in [0.1, 0.15) is 0 Å². The zero-order valence-electron chi connectivity index (χ0n) is 12.4. The molecule has 1 aliphatic rings. The molecule has 3 rings (SSSR count). The number of aryl methyl sites for hydroxylation is 2. The Morgan fingerprint density at radius 2 is 1.95 bits per heavy atom. The van der Waals surface area contributed by atoms with Gasteiger partial charge in [0.05, 0.1) is 0 Å². The van der Waals surface area contributed by atoms with Crippen LogP contribution in [0.25, 0.3) is 0 Å². The second-order valence-electron chi connectivity index (χ2n) is 5.64. The van der Waals surface area contributed by atoms with Gasteiger partial charge in [0.2, 0.25) is 5.91 Å². The summed E-state index contributed by atoms with van der Waals surface area (Å²) in [7, 11) is 0. The van der Waals surface area contributed by atoms with Gasteiger partial charge >= 0.3 is 0 Å². The number of carbonyl (C=O) groups is 1. The zero-order valence-corrected chi connectivity index (χ0v) is 12.4. The van der Waals surface area contributed by atoms with E-state index in [0.29, 0.717) is 6.42 Å². The van der Waals surface area contributed by atoms with E-state index in [-0.39, 0.29) is 11.9 Å². The molecular formula is C18H20N2O. The molecule has 1 amide bonds. The molecule has 21 heavy (non-hydrogen) atoms. The summed E-state index contributed by atoms with van der Waals surface area (Å²) in [4.78, 5) is 11.4. The van der Waals surface area contributed by atoms with Crippen molar-refractivity contribution in [2.24, 2.45) is 0 Å². The molecule has 1 aliphatic heterocycles. The summed E-state index contributed by atoms with van der Waals surface area (Å²) in [5, 5.41) is 6.46.